The second-order valence-electron chi connectivity index (χ2n) is 4.91. The molecule has 0 aliphatic rings. The highest BCUT2D eigenvalue weighted by Crippen LogP contribution is 2.13. The lowest BCUT2D eigenvalue weighted by Crippen LogP contribution is -2.19. The van der Waals surface area contributed by atoms with Gasteiger partial charge in [-0.05, 0) is 48.0 Å². The van der Waals surface area contributed by atoms with E-state index in [0.29, 0.717) is 5.95 Å². The molecule has 0 unspecified atom stereocenters. The van der Waals surface area contributed by atoms with Gasteiger partial charge in [-0.2, -0.15) is 4.68 Å². The summed E-state index contributed by atoms with van der Waals surface area (Å²) in [6, 6.07) is 14.0. The molecule has 21 heavy (non-hydrogen) atoms. The third kappa shape index (κ3) is 3.28. The first-order valence-corrected chi connectivity index (χ1v) is 6.95. The monoisotopic (exact) mass is 283 g/mol. The molecular formula is C15H17N5O. The van der Waals surface area contributed by atoms with Gasteiger partial charge in [0.25, 0.3) is 0 Å². The molecule has 0 radical (unpaired) electrons. The highest BCUT2D eigenvalue weighted by molar-refractivity contribution is 5.38. The van der Waals surface area contributed by atoms with Gasteiger partial charge in [-0.25, -0.2) is 0 Å². The first kappa shape index (κ1) is 13.4. The lowest BCUT2D eigenvalue weighted by Gasteiger charge is -2.13. The van der Waals surface area contributed by atoms with E-state index in [1.165, 1.54) is 0 Å². The number of aromatic nitrogens is 4. The third-order valence-corrected chi connectivity index (χ3v) is 3.25. The summed E-state index contributed by atoms with van der Waals surface area (Å²) in [6.07, 6.45) is 3.52. The Labute approximate surface area is 122 Å². The standard InChI is InChI=1S/C15H17N5O/c1-12(9-10-14-8-5-11-21-14)16-15-17-18-19-20(15)13-6-3-2-4-7-13/h2-8,11-12H,9-10H2,1H3,(H,16,17,19)/t12-/m0/s1. The van der Waals surface area contributed by atoms with Crippen molar-refractivity contribution in [3.63, 3.8) is 0 Å². The van der Waals surface area contributed by atoms with Crippen molar-refractivity contribution in [1.29, 1.82) is 0 Å². The van der Waals surface area contributed by atoms with E-state index in [9.17, 15) is 0 Å². The summed E-state index contributed by atoms with van der Waals surface area (Å²) in [5, 5.41) is 15.1. The zero-order chi connectivity index (χ0) is 14.5. The van der Waals surface area contributed by atoms with Gasteiger partial charge in [-0.1, -0.05) is 23.3 Å². The van der Waals surface area contributed by atoms with Gasteiger partial charge in [0.05, 0.1) is 12.0 Å². The quantitative estimate of drug-likeness (QED) is 0.753. The van der Waals surface area contributed by atoms with Crippen LogP contribution in [0.2, 0.25) is 0 Å². The highest BCUT2D eigenvalue weighted by atomic mass is 16.3. The van der Waals surface area contributed by atoms with Crippen molar-refractivity contribution in [1.82, 2.24) is 20.2 Å². The molecule has 6 heteroatoms. The molecule has 0 fully saturated rings. The van der Waals surface area contributed by atoms with E-state index in [0.717, 1.165) is 24.3 Å². The second-order valence-corrected chi connectivity index (χ2v) is 4.91. The second kappa shape index (κ2) is 6.21. The zero-order valence-corrected chi connectivity index (χ0v) is 11.8. The molecule has 0 saturated heterocycles. The minimum atomic E-state index is 0.239. The number of hydrogen-bond acceptors (Lipinski definition) is 5. The molecule has 1 aromatic carbocycles. The molecular weight excluding hydrogens is 266 g/mol. The van der Waals surface area contributed by atoms with Crippen molar-refractivity contribution in [2.45, 2.75) is 25.8 Å². The van der Waals surface area contributed by atoms with Crippen molar-refractivity contribution in [3.05, 3.63) is 54.5 Å². The fraction of sp³-hybridized carbons (Fsp3) is 0.267. The summed E-state index contributed by atoms with van der Waals surface area (Å²) < 4.78 is 7.04. The Kier molecular flexibility index (Phi) is 3.95. The number of anilines is 1. The number of rotatable bonds is 6. The van der Waals surface area contributed by atoms with Crippen LogP contribution in [0.25, 0.3) is 5.69 Å². The fourth-order valence-corrected chi connectivity index (χ4v) is 2.13. The molecule has 108 valence electrons. The molecule has 6 nitrogen and oxygen atoms in total. The Bertz CT molecular complexity index is 662. The lowest BCUT2D eigenvalue weighted by molar-refractivity contribution is 0.494. The van der Waals surface area contributed by atoms with Crippen LogP contribution in [0.4, 0.5) is 5.95 Å². The predicted octanol–water partition coefficient (Wildman–Crippen LogP) is 2.69. The van der Waals surface area contributed by atoms with Crippen LogP contribution < -0.4 is 5.32 Å². The number of nitrogens with zero attached hydrogens (tertiary/aromatic N) is 4. The first-order valence-electron chi connectivity index (χ1n) is 6.95. The van der Waals surface area contributed by atoms with Crippen LogP contribution in [0.5, 0.6) is 0 Å². The Morgan fingerprint density at radius 2 is 2.05 bits per heavy atom. The normalized spacial score (nSPS) is 12.2. The Balaban J connectivity index is 1.64. The molecule has 0 amide bonds. The smallest absolute Gasteiger partial charge is 0.247 e. The fourth-order valence-electron chi connectivity index (χ4n) is 2.13. The summed E-state index contributed by atoms with van der Waals surface area (Å²) >= 11 is 0. The maximum atomic E-state index is 5.34. The molecule has 2 heterocycles. The average Bonchev–Trinajstić information content (AvgIpc) is 3.17. The van der Waals surface area contributed by atoms with Gasteiger partial charge in [-0.3, -0.25) is 0 Å². The maximum Gasteiger partial charge on any atom is 0.247 e. The number of furan rings is 1. The molecule has 0 aliphatic heterocycles. The van der Waals surface area contributed by atoms with Gasteiger partial charge >= 0.3 is 0 Å². The van der Waals surface area contributed by atoms with Gasteiger partial charge in [0, 0.05) is 12.5 Å². The Morgan fingerprint density at radius 3 is 2.81 bits per heavy atom. The van der Waals surface area contributed by atoms with E-state index in [4.69, 9.17) is 4.42 Å². The molecule has 3 rings (SSSR count). The molecule has 3 aromatic rings. The molecule has 1 N–H and O–H groups in total. The van der Waals surface area contributed by atoms with Crippen LogP contribution in [-0.4, -0.2) is 26.2 Å². The van der Waals surface area contributed by atoms with Crippen LogP contribution in [0.3, 0.4) is 0 Å². The van der Waals surface area contributed by atoms with Crippen LogP contribution in [0.15, 0.2) is 53.1 Å². The van der Waals surface area contributed by atoms with E-state index in [1.807, 2.05) is 42.5 Å². The maximum absolute atomic E-state index is 5.34. The number of hydrogen-bond donors (Lipinski definition) is 1. The average molecular weight is 283 g/mol. The number of nitrogens with one attached hydrogen (secondary N) is 1. The van der Waals surface area contributed by atoms with E-state index in [1.54, 1.807) is 10.9 Å². The minimum Gasteiger partial charge on any atom is -0.469 e. The van der Waals surface area contributed by atoms with Crippen LogP contribution >= 0.6 is 0 Å². The molecule has 0 spiro atoms. The van der Waals surface area contributed by atoms with E-state index in [-0.39, 0.29) is 6.04 Å². The predicted molar refractivity (Wildman–Crippen MR) is 79.3 cm³/mol. The number of benzene rings is 1. The summed E-state index contributed by atoms with van der Waals surface area (Å²) in [7, 11) is 0. The summed E-state index contributed by atoms with van der Waals surface area (Å²) in [5.41, 5.74) is 0.934. The number of tetrazole rings is 1. The van der Waals surface area contributed by atoms with Gasteiger partial charge < -0.3 is 9.73 Å². The van der Waals surface area contributed by atoms with Crippen molar-refractivity contribution >= 4 is 5.95 Å². The van der Waals surface area contributed by atoms with E-state index in [2.05, 4.69) is 27.8 Å². The van der Waals surface area contributed by atoms with Crippen molar-refractivity contribution < 1.29 is 4.42 Å². The van der Waals surface area contributed by atoms with E-state index >= 15 is 0 Å². The lowest BCUT2D eigenvalue weighted by atomic mass is 10.1. The molecule has 0 aliphatic carbocycles. The summed E-state index contributed by atoms with van der Waals surface area (Å²) in [4.78, 5) is 0. The first-order chi connectivity index (χ1) is 10.3. The Morgan fingerprint density at radius 1 is 1.19 bits per heavy atom. The van der Waals surface area contributed by atoms with Crippen molar-refractivity contribution in [2.75, 3.05) is 5.32 Å². The summed E-state index contributed by atoms with van der Waals surface area (Å²) in [5.74, 6) is 1.64. The summed E-state index contributed by atoms with van der Waals surface area (Å²) in [6.45, 7) is 2.10. The molecule has 0 saturated carbocycles. The van der Waals surface area contributed by atoms with Gasteiger partial charge in [0.1, 0.15) is 5.76 Å². The highest BCUT2D eigenvalue weighted by Gasteiger charge is 2.11. The molecule has 2 aromatic heterocycles. The van der Waals surface area contributed by atoms with Crippen LogP contribution in [0.1, 0.15) is 19.1 Å². The number of aryl methyl sites for hydroxylation is 1. The Hall–Kier alpha value is -2.63. The molecule has 1 atom stereocenters. The largest absolute Gasteiger partial charge is 0.469 e. The minimum absolute atomic E-state index is 0.239. The van der Waals surface area contributed by atoms with Crippen LogP contribution in [0, 0.1) is 0 Å². The van der Waals surface area contributed by atoms with Crippen molar-refractivity contribution in [3.8, 4) is 5.69 Å². The van der Waals surface area contributed by atoms with E-state index < -0.39 is 0 Å². The van der Waals surface area contributed by atoms with Gasteiger partial charge in [0.2, 0.25) is 5.95 Å². The molecule has 0 bridgehead atoms. The van der Waals surface area contributed by atoms with Crippen LogP contribution in [-0.2, 0) is 6.42 Å². The zero-order valence-electron chi connectivity index (χ0n) is 11.8. The topological polar surface area (TPSA) is 68.8 Å². The third-order valence-electron chi connectivity index (χ3n) is 3.25. The van der Waals surface area contributed by atoms with Crippen molar-refractivity contribution in [2.24, 2.45) is 0 Å². The SMILES string of the molecule is C[C@@H](CCc1ccco1)Nc1nnnn1-c1ccccc1. The number of para-hydroxylation sites is 1. The van der Waals surface area contributed by atoms with Gasteiger partial charge in [0.15, 0.2) is 0 Å². The van der Waals surface area contributed by atoms with Gasteiger partial charge in [-0.15, -0.1) is 0 Å².